The van der Waals surface area contributed by atoms with Gasteiger partial charge in [0.2, 0.25) is 0 Å². The lowest BCUT2D eigenvalue weighted by molar-refractivity contribution is -0.112. The van der Waals surface area contributed by atoms with E-state index >= 15 is 0 Å². The summed E-state index contributed by atoms with van der Waals surface area (Å²) >= 11 is 6.11. The van der Waals surface area contributed by atoms with Crippen molar-refractivity contribution < 1.29 is 14.3 Å². The van der Waals surface area contributed by atoms with Gasteiger partial charge in [-0.05, 0) is 61.7 Å². The quantitative estimate of drug-likeness (QED) is 0.286. The summed E-state index contributed by atoms with van der Waals surface area (Å²) in [5.74, 6) is 0.589. The van der Waals surface area contributed by atoms with Crippen molar-refractivity contribution in [2.75, 3.05) is 18.5 Å². The first-order valence-corrected chi connectivity index (χ1v) is 10.1. The monoisotopic (exact) mass is 436 g/mol. The van der Waals surface area contributed by atoms with Crippen LogP contribution in [0.2, 0.25) is 5.02 Å². The van der Waals surface area contributed by atoms with Gasteiger partial charge in [0.05, 0.1) is 6.61 Å². The summed E-state index contributed by atoms with van der Waals surface area (Å²) in [5.41, 5.74) is 2.82. The van der Waals surface area contributed by atoms with Crippen molar-refractivity contribution in [1.82, 2.24) is 0 Å². The fourth-order valence-electron chi connectivity index (χ4n) is 2.83. The van der Waals surface area contributed by atoms with Gasteiger partial charge in [-0.1, -0.05) is 36.4 Å². The Kier molecular flexibility index (Phi) is 8.93. The summed E-state index contributed by atoms with van der Waals surface area (Å²) in [6.45, 7) is 12.0. The van der Waals surface area contributed by atoms with E-state index in [1.807, 2.05) is 26.0 Å². The number of nitriles is 1. The highest BCUT2D eigenvalue weighted by atomic mass is 35.5. The molecular formula is C25H25ClN2O3. The van der Waals surface area contributed by atoms with Crippen LogP contribution in [-0.2, 0) is 11.2 Å². The van der Waals surface area contributed by atoms with Gasteiger partial charge in [0.25, 0.3) is 5.91 Å². The number of nitrogens with zero attached hydrogens (tertiary/aromatic N) is 1. The summed E-state index contributed by atoms with van der Waals surface area (Å²) < 4.78 is 11.5. The number of amides is 1. The van der Waals surface area contributed by atoms with E-state index in [9.17, 15) is 10.1 Å². The van der Waals surface area contributed by atoms with Crippen molar-refractivity contribution in [1.29, 1.82) is 5.26 Å². The fraction of sp³-hybridized carbons (Fsp3) is 0.200. The Morgan fingerprint density at radius 3 is 2.61 bits per heavy atom. The highest BCUT2D eigenvalue weighted by molar-refractivity contribution is 6.31. The van der Waals surface area contributed by atoms with Gasteiger partial charge in [0, 0.05) is 16.3 Å². The Labute approximate surface area is 188 Å². The SMILES string of the molecule is C=CCOc1c(CC=C)cc(/C=C(/C#N)C(=O)Nc2ccc(C)c(Cl)c2)cc1OCC. The number of aryl methyl sites for hydroxylation is 1. The van der Waals surface area contributed by atoms with Gasteiger partial charge in [0.15, 0.2) is 11.5 Å². The van der Waals surface area contributed by atoms with Crippen LogP contribution in [0.25, 0.3) is 6.08 Å². The Bertz CT molecular complexity index is 1050. The molecule has 0 heterocycles. The predicted molar refractivity (Wildman–Crippen MR) is 126 cm³/mol. The number of hydrogen-bond donors (Lipinski definition) is 1. The number of ether oxygens (including phenoxy) is 2. The number of nitrogens with one attached hydrogen (secondary N) is 1. The molecule has 0 bridgehead atoms. The van der Waals surface area contributed by atoms with Crippen LogP contribution in [0.15, 0.2) is 61.2 Å². The van der Waals surface area contributed by atoms with Crippen LogP contribution in [0.3, 0.4) is 0 Å². The average molecular weight is 437 g/mol. The molecule has 0 saturated carbocycles. The molecule has 0 radical (unpaired) electrons. The lowest BCUT2D eigenvalue weighted by atomic mass is 10.0. The largest absolute Gasteiger partial charge is 0.490 e. The lowest BCUT2D eigenvalue weighted by Gasteiger charge is -2.16. The molecular weight excluding hydrogens is 412 g/mol. The van der Waals surface area contributed by atoms with Crippen molar-refractivity contribution in [2.45, 2.75) is 20.3 Å². The smallest absolute Gasteiger partial charge is 0.266 e. The standard InChI is InChI=1S/C25H25ClN2O3/c1-5-8-19-12-18(14-23(30-7-3)24(19)31-11-6-2)13-20(16-27)25(29)28-21-10-9-17(4)22(26)15-21/h5-6,9-10,12-15H,1-2,7-8,11H2,3-4H3,(H,28,29)/b20-13-. The van der Waals surface area contributed by atoms with Crippen LogP contribution in [-0.4, -0.2) is 19.1 Å². The van der Waals surface area contributed by atoms with E-state index in [2.05, 4.69) is 18.5 Å². The molecule has 0 saturated heterocycles. The lowest BCUT2D eigenvalue weighted by Crippen LogP contribution is -2.13. The Morgan fingerprint density at radius 1 is 1.23 bits per heavy atom. The molecule has 0 aromatic heterocycles. The number of hydrogen-bond acceptors (Lipinski definition) is 4. The number of benzene rings is 2. The molecule has 2 rings (SSSR count). The molecule has 6 heteroatoms. The number of carbonyl (C=O) groups is 1. The van der Waals surface area contributed by atoms with E-state index in [0.29, 0.717) is 47.4 Å². The third-order valence-corrected chi connectivity index (χ3v) is 4.68. The van der Waals surface area contributed by atoms with Crippen LogP contribution in [0.5, 0.6) is 11.5 Å². The molecule has 160 valence electrons. The number of allylic oxidation sites excluding steroid dienone is 1. The van der Waals surface area contributed by atoms with Crippen LogP contribution in [0.4, 0.5) is 5.69 Å². The molecule has 0 aliphatic carbocycles. The first kappa shape index (κ1) is 23.8. The van der Waals surface area contributed by atoms with Gasteiger partial charge >= 0.3 is 0 Å². The van der Waals surface area contributed by atoms with E-state index in [0.717, 1.165) is 11.1 Å². The van der Waals surface area contributed by atoms with E-state index in [4.69, 9.17) is 21.1 Å². The predicted octanol–water partition coefficient (Wildman–Crippen LogP) is 5.89. The van der Waals surface area contributed by atoms with Gasteiger partial charge in [-0.15, -0.1) is 6.58 Å². The van der Waals surface area contributed by atoms with Crippen LogP contribution >= 0.6 is 11.6 Å². The molecule has 5 nitrogen and oxygen atoms in total. The zero-order valence-electron chi connectivity index (χ0n) is 17.7. The van der Waals surface area contributed by atoms with Gasteiger partial charge in [-0.3, -0.25) is 4.79 Å². The summed E-state index contributed by atoms with van der Waals surface area (Å²) in [7, 11) is 0. The summed E-state index contributed by atoms with van der Waals surface area (Å²) in [6.07, 6.45) is 5.44. The van der Waals surface area contributed by atoms with Gasteiger partial charge in [-0.25, -0.2) is 0 Å². The van der Waals surface area contributed by atoms with Crippen molar-refractivity contribution in [3.05, 3.63) is 82.9 Å². The van der Waals surface area contributed by atoms with Crippen LogP contribution < -0.4 is 14.8 Å². The molecule has 1 N–H and O–H groups in total. The minimum absolute atomic E-state index is 0.0524. The average Bonchev–Trinajstić information content (AvgIpc) is 2.74. The third-order valence-electron chi connectivity index (χ3n) is 4.27. The maximum absolute atomic E-state index is 12.6. The maximum Gasteiger partial charge on any atom is 0.266 e. The molecule has 0 aliphatic heterocycles. The summed E-state index contributed by atoms with van der Waals surface area (Å²) in [5, 5.41) is 12.8. The number of anilines is 1. The first-order valence-electron chi connectivity index (χ1n) is 9.77. The molecule has 0 unspecified atom stereocenters. The number of halogens is 1. The highest BCUT2D eigenvalue weighted by Crippen LogP contribution is 2.35. The maximum atomic E-state index is 12.6. The fourth-order valence-corrected chi connectivity index (χ4v) is 3.01. The van der Waals surface area contributed by atoms with Gasteiger partial charge < -0.3 is 14.8 Å². The van der Waals surface area contributed by atoms with Gasteiger partial charge in [0.1, 0.15) is 18.2 Å². The third kappa shape index (κ3) is 6.50. The zero-order chi connectivity index (χ0) is 22.8. The van der Waals surface area contributed by atoms with Crippen molar-refractivity contribution >= 4 is 29.3 Å². The molecule has 0 aliphatic rings. The summed E-state index contributed by atoms with van der Waals surface area (Å²) in [6, 6.07) is 10.7. The van der Waals surface area contributed by atoms with E-state index in [1.54, 1.807) is 36.4 Å². The van der Waals surface area contributed by atoms with Crippen LogP contribution in [0.1, 0.15) is 23.6 Å². The van der Waals surface area contributed by atoms with Crippen molar-refractivity contribution in [3.8, 4) is 17.6 Å². The minimum Gasteiger partial charge on any atom is -0.490 e. The molecule has 31 heavy (non-hydrogen) atoms. The first-order chi connectivity index (χ1) is 14.9. The molecule has 2 aromatic carbocycles. The minimum atomic E-state index is -0.530. The van der Waals surface area contributed by atoms with E-state index in [-0.39, 0.29) is 5.57 Å². The molecule has 0 atom stereocenters. The second kappa shape index (κ2) is 11.6. The Hall–Kier alpha value is -3.49. The molecule has 0 spiro atoms. The zero-order valence-corrected chi connectivity index (χ0v) is 18.5. The molecule has 0 fully saturated rings. The van der Waals surface area contributed by atoms with Crippen molar-refractivity contribution in [3.63, 3.8) is 0 Å². The molecule has 2 aromatic rings. The van der Waals surface area contributed by atoms with Crippen LogP contribution in [0, 0.1) is 18.3 Å². The van der Waals surface area contributed by atoms with Gasteiger partial charge in [-0.2, -0.15) is 5.26 Å². The van der Waals surface area contributed by atoms with Crippen molar-refractivity contribution in [2.24, 2.45) is 0 Å². The number of rotatable bonds is 10. The second-order valence-electron chi connectivity index (χ2n) is 6.62. The topological polar surface area (TPSA) is 71.3 Å². The Balaban J connectivity index is 2.42. The summed E-state index contributed by atoms with van der Waals surface area (Å²) in [4.78, 5) is 12.6. The number of carbonyl (C=O) groups excluding carboxylic acids is 1. The molecule has 1 amide bonds. The van der Waals surface area contributed by atoms with E-state index in [1.165, 1.54) is 6.08 Å². The Morgan fingerprint density at radius 2 is 2.00 bits per heavy atom. The normalized spacial score (nSPS) is 10.7. The highest BCUT2D eigenvalue weighted by Gasteiger charge is 2.15. The van der Waals surface area contributed by atoms with E-state index < -0.39 is 5.91 Å². The second-order valence-corrected chi connectivity index (χ2v) is 7.03.